The minimum absolute atomic E-state index is 0.337. The van der Waals surface area contributed by atoms with Crippen molar-refractivity contribution >= 4 is 21.6 Å². The van der Waals surface area contributed by atoms with Gasteiger partial charge in [0.25, 0.3) is 0 Å². The smallest absolute Gasteiger partial charge is 0.175 e. The molecule has 1 aromatic rings. The van der Waals surface area contributed by atoms with Crippen molar-refractivity contribution in [2.45, 2.75) is 24.2 Å². The quantitative estimate of drug-likeness (QED) is 0.609. The highest BCUT2D eigenvalue weighted by molar-refractivity contribution is 8.03. The zero-order valence-electron chi connectivity index (χ0n) is 9.88. The third kappa shape index (κ3) is 4.41. The van der Waals surface area contributed by atoms with Crippen LogP contribution >= 0.6 is 11.8 Å². The summed E-state index contributed by atoms with van der Waals surface area (Å²) in [5.41, 5.74) is 1.11. The van der Waals surface area contributed by atoms with E-state index in [-0.39, 0.29) is 0 Å². The molecule has 1 unspecified atom stereocenters. The van der Waals surface area contributed by atoms with E-state index in [1.54, 1.807) is 12.1 Å². The Morgan fingerprint density at radius 1 is 1.35 bits per heavy atom. The fourth-order valence-electron chi connectivity index (χ4n) is 1.49. The van der Waals surface area contributed by atoms with Gasteiger partial charge >= 0.3 is 0 Å². The second-order valence-corrected chi connectivity index (χ2v) is 6.87. The maximum absolute atomic E-state index is 11.3. The van der Waals surface area contributed by atoms with E-state index in [0.717, 1.165) is 17.7 Å². The van der Waals surface area contributed by atoms with Crippen LogP contribution in [0.15, 0.2) is 29.2 Å². The fraction of sp³-hybridized carbons (Fsp3) is 0.417. The predicted molar refractivity (Wildman–Crippen MR) is 70.7 cm³/mol. The van der Waals surface area contributed by atoms with Gasteiger partial charge in [-0.2, -0.15) is 5.26 Å². The van der Waals surface area contributed by atoms with Crippen molar-refractivity contribution in [2.24, 2.45) is 0 Å². The van der Waals surface area contributed by atoms with Crippen LogP contribution in [-0.4, -0.2) is 20.4 Å². The van der Waals surface area contributed by atoms with Gasteiger partial charge in [-0.3, -0.25) is 0 Å². The second kappa shape index (κ2) is 6.08. The maximum Gasteiger partial charge on any atom is 0.175 e. The Kier molecular flexibility index (Phi) is 5.03. The number of thioether (sulfide) groups is 1. The Bertz CT molecular complexity index is 500. The lowest BCUT2D eigenvalue weighted by Gasteiger charge is -2.10. The van der Waals surface area contributed by atoms with Gasteiger partial charge in [-0.1, -0.05) is 19.1 Å². The Balaban J connectivity index is 2.71. The molecule has 1 atom stereocenters. The van der Waals surface area contributed by atoms with Crippen LogP contribution in [0.25, 0.3) is 0 Å². The van der Waals surface area contributed by atoms with Crippen LogP contribution in [-0.2, 0) is 9.84 Å². The summed E-state index contributed by atoms with van der Waals surface area (Å²) in [6.07, 6.45) is 2.12. The Morgan fingerprint density at radius 3 is 2.41 bits per heavy atom. The van der Waals surface area contributed by atoms with Gasteiger partial charge in [-0.05, 0) is 41.8 Å². The summed E-state index contributed by atoms with van der Waals surface area (Å²) < 4.78 is 22.6. The van der Waals surface area contributed by atoms with Crippen LogP contribution in [0.3, 0.4) is 0 Å². The van der Waals surface area contributed by atoms with Gasteiger partial charge in [0.15, 0.2) is 9.84 Å². The standard InChI is InChI=1S/C12H15NO2S2/c1-10(7-8-16-9-13)11-3-5-12(6-4-11)17(2,14)15/h3-6,10H,7-8H2,1-2H3. The molecule has 0 amide bonds. The SMILES string of the molecule is CC(CCSC#N)c1ccc(S(C)(=O)=O)cc1. The summed E-state index contributed by atoms with van der Waals surface area (Å²) in [6.45, 7) is 2.08. The summed E-state index contributed by atoms with van der Waals surface area (Å²) >= 11 is 1.25. The number of nitriles is 1. The average molecular weight is 269 g/mol. The van der Waals surface area contributed by atoms with Crippen molar-refractivity contribution in [3.05, 3.63) is 29.8 Å². The molecule has 0 fully saturated rings. The molecule has 1 rings (SSSR count). The van der Waals surface area contributed by atoms with Crippen molar-refractivity contribution in [1.82, 2.24) is 0 Å². The zero-order chi connectivity index (χ0) is 12.9. The van der Waals surface area contributed by atoms with Gasteiger partial charge in [0.05, 0.1) is 4.90 Å². The third-order valence-electron chi connectivity index (χ3n) is 2.59. The van der Waals surface area contributed by atoms with Gasteiger partial charge in [0, 0.05) is 12.0 Å². The molecule has 3 nitrogen and oxygen atoms in total. The molecule has 0 saturated carbocycles. The number of hydrogen-bond donors (Lipinski definition) is 0. The number of thiocyanates is 1. The highest BCUT2D eigenvalue weighted by Crippen LogP contribution is 2.22. The van der Waals surface area contributed by atoms with Crippen molar-refractivity contribution in [2.75, 3.05) is 12.0 Å². The molecule has 5 heteroatoms. The van der Waals surface area contributed by atoms with Gasteiger partial charge in [-0.25, -0.2) is 8.42 Å². The molecule has 0 aromatic heterocycles. The Morgan fingerprint density at radius 2 is 1.94 bits per heavy atom. The number of nitrogens with zero attached hydrogens (tertiary/aromatic N) is 1. The van der Waals surface area contributed by atoms with E-state index in [9.17, 15) is 8.42 Å². The first-order valence-electron chi connectivity index (χ1n) is 5.26. The summed E-state index contributed by atoms with van der Waals surface area (Å²) in [6, 6.07) is 6.97. The minimum atomic E-state index is -3.11. The normalized spacial score (nSPS) is 13.0. The first-order chi connectivity index (χ1) is 7.95. The van der Waals surface area contributed by atoms with E-state index in [1.165, 1.54) is 18.0 Å². The molecule has 0 aliphatic carbocycles. The van der Waals surface area contributed by atoms with E-state index in [1.807, 2.05) is 17.5 Å². The van der Waals surface area contributed by atoms with Crippen molar-refractivity contribution < 1.29 is 8.42 Å². The van der Waals surface area contributed by atoms with Crippen LogP contribution in [0, 0.1) is 10.7 Å². The van der Waals surface area contributed by atoms with Gasteiger partial charge in [-0.15, -0.1) is 0 Å². The lowest BCUT2D eigenvalue weighted by molar-refractivity contribution is 0.601. The van der Waals surface area contributed by atoms with E-state index in [4.69, 9.17) is 5.26 Å². The second-order valence-electron chi connectivity index (χ2n) is 3.97. The van der Waals surface area contributed by atoms with Gasteiger partial charge in [0.1, 0.15) is 5.40 Å². The first kappa shape index (κ1) is 14.1. The molecule has 0 spiro atoms. The van der Waals surface area contributed by atoms with Gasteiger partial charge in [0.2, 0.25) is 0 Å². The molecule has 0 radical (unpaired) electrons. The topological polar surface area (TPSA) is 57.9 Å². The molecule has 1 aromatic carbocycles. The molecular formula is C12H15NO2S2. The number of hydrogen-bond acceptors (Lipinski definition) is 4. The van der Waals surface area contributed by atoms with E-state index < -0.39 is 9.84 Å². The summed E-state index contributed by atoms with van der Waals surface area (Å²) in [5.74, 6) is 1.13. The number of benzene rings is 1. The molecule has 17 heavy (non-hydrogen) atoms. The average Bonchev–Trinajstić information content (AvgIpc) is 2.28. The highest BCUT2D eigenvalue weighted by Gasteiger charge is 2.09. The van der Waals surface area contributed by atoms with Crippen molar-refractivity contribution in [1.29, 1.82) is 5.26 Å². The molecular weight excluding hydrogens is 254 g/mol. The van der Waals surface area contributed by atoms with E-state index in [0.29, 0.717) is 10.8 Å². The number of rotatable bonds is 5. The van der Waals surface area contributed by atoms with E-state index in [2.05, 4.69) is 6.92 Å². The van der Waals surface area contributed by atoms with Crippen LogP contribution < -0.4 is 0 Å². The molecule has 0 aliphatic heterocycles. The number of sulfone groups is 1. The van der Waals surface area contributed by atoms with E-state index >= 15 is 0 Å². The fourth-order valence-corrected chi connectivity index (χ4v) is 2.68. The summed E-state index contributed by atoms with van der Waals surface area (Å²) in [7, 11) is -3.11. The maximum atomic E-state index is 11.3. The molecule has 0 bridgehead atoms. The zero-order valence-corrected chi connectivity index (χ0v) is 11.5. The lowest BCUT2D eigenvalue weighted by Crippen LogP contribution is -1.99. The Hall–Kier alpha value is -0.990. The van der Waals surface area contributed by atoms with Gasteiger partial charge < -0.3 is 0 Å². The first-order valence-corrected chi connectivity index (χ1v) is 8.13. The van der Waals surface area contributed by atoms with Crippen molar-refractivity contribution in [3.8, 4) is 5.40 Å². The van der Waals surface area contributed by atoms with Crippen LogP contribution in [0.1, 0.15) is 24.8 Å². The molecule has 0 N–H and O–H groups in total. The minimum Gasteiger partial charge on any atom is -0.224 e. The van der Waals surface area contributed by atoms with Crippen molar-refractivity contribution in [3.63, 3.8) is 0 Å². The van der Waals surface area contributed by atoms with Crippen LogP contribution in [0.2, 0.25) is 0 Å². The highest BCUT2D eigenvalue weighted by atomic mass is 32.2. The third-order valence-corrected chi connectivity index (χ3v) is 4.29. The molecule has 0 saturated heterocycles. The summed E-state index contributed by atoms with van der Waals surface area (Å²) in [5, 5.41) is 10.5. The molecule has 92 valence electrons. The molecule has 0 heterocycles. The predicted octanol–water partition coefficient (Wildman–Crippen LogP) is 2.80. The molecule has 0 aliphatic rings. The largest absolute Gasteiger partial charge is 0.224 e. The monoisotopic (exact) mass is 269 g/mol. The van der Waals surface area contributed by atoms with Crippen LogP contribution in [0.4, 0.5) is 0 Å². The lowest BCUT2D eigenvalue weighted by atomic mass is 9.99. The Labute approximate surface area is 107 Å². The van der Waals surface area contributed by atoms with Crippen LogP contribution in [0.5, 0.6) is 0 Å². The summed E-state index contributed by atoms with van der Waals surface area (Å²) in [4.78, 5) is 0.347.